The Morgan fingerprint density at radius 3 is 2.65 bits per heavy atom. The van der Waals surface area contributed by atoms with E-state index in [9.17, 15) is 4.79 Å². The van der Waals surface area contributed by atoms with Crippen LogP contribution in [-0.4, -0.2) is 32.4 Å². The van der Waals surface area contributed by atoms with E-state index in [2.05, 4.69) is 36.2 Å². The van der Waals surface area contributed by atoms with Gasteiger partial charge in [-0.05, 0) is 52.6 Å². The van der Waals surface area contributed by atoms with E-state index in [0.29, 0.717) is 0 Å². The van der Waals surface area contributed by atoms with E-state index in [0.717, 1.165) is 56.7 Å². The topological polar surface area (TPSA) is 90.9 Å². The first-order chi connectivity index (χ1) is 12.5. The number of thioether (sulfide) groups is 1. The van der Waals surface area contributed by atoms with Crippen LogP contribution in [0.2, 0.25) is 0 Å². The molecule has 3 N–H and O–H groups in total. The molecule has 6 nitrogen and oxygen atoms in total. The summed E-state index contributed by atoms with van der Waals surface area (Å²) in [5, 5.41) is 12.7. The molecule has 0 bridgehead atoms. The maximum Gasteiger partial charge on any atom is 0.405 e. The number of nitrogens with zero attached hydrogens (tertiary/aromatic N) is 2. The van der Waals surface area contributed by atoms with Crippen LogP contribution in [-0.2, 0) is 5.54 Å². The number of H-pyrrole nitrogens is 1. The van der Waals surface area contributed by atoms with Crippen molar-refractivity contribution in [2.24, 2.45) is 0 Å². The van der Waals surface area contributed by atoms with Gasteiger partial charge in [0.05, 0.1) is 21.9 Å². The van der Waals surface area contributed by atoms with E-state index in [1.165, 1.54) is 0 Å². The molecule has 1 aliphatic carbocycles. The molecule has 2 aromatic heterocycles. The number of aromatic nitrogens is 3. The molecule has 1 aromatic carbocycles. The molecule has 0 radical (unpaired) electrons. The summed E-state index contributed by atoms with van der Waals surface area (Å²) >= 11 is 5.17. The first-order valence-corrected chi connectivity index (χ1v) is 10.2. The van der Waals surface area contributed by atoms with Crippen molar-refractivity contribution in [3.63, 3.8) is 0 Å². The minimum atomic E-state index is -0.978. The van der Waals surface area contributed by atoms with Crippen molar-refractivity contribution < 1.29 is 9.90 Å². The third kappa shape index (κ3) is 2.87. The van der Waals surface area contributed by atoms with Gasteiger partial charge in [-0.2, -0.15) is 0 Å². The second kappa shape index (κ2) is 6.59. The molecule has 1 amide bonds. The smallest absolute Gasteiger partial charge is 0.405 e. The van der Waals surface area contributed by atoms with Gasteiger partial charge >= 0.3 is 6.09 Å². The van der Waals surface area contributed by atoms with Crippen molar-refractivity contribution >= 4 is 44.9 Å². The SMILES string of the molecule is CSc1cnc2c(Br)c(-c3ccc(C4(NC(=O)O)CCC4)cc3)[nH]c2n1. The fraction of sp³-hybridized carbons (Fsp3) is 0.278. The number of hydrogen-bond acceptors (Lipinski definition) is 4. The number of halogens is 1. The largest absolute Gasteiger partial charge is 0.465 e. The average Bonchev–Trinajstić information content (AvgIpc) is 2.94. The summed E-state index contributed by atoms with van der Waals surface area (Å²) in [5.74, 6) is 0. The van der Waals surface area contributed by atoms with Crippen LogP contribution in [0.5, 0.6) is 0 Å². The number of amides is 1. The average molecular weight is 433 g/mol. The van der Waals surface area contributed by atoms with Gasteiger partial charge in [-0.1, -0.05) is 24.3 Å². The third-order valence-corrected chi connectivity index (χ3v) is 6.30. The highest BCUT2D eigenvalue weighted by Crippen LogP contribution is 2.42. The predicted octanol–water partition coefficient (Wildman–Crippen LogP) is 4.76. The Morgan fingerprint density at radius 2 is 2.08 bits per heavy atom. The highest BCUT2D eigenvalue weighted by atomic mass is 79.9. The predicted molar refractivity (Wildman–Crippen MR) is 105 cm³/mol. The van der Waals surface area contributed by atoms with Crippen LogP contribution in [0.4, 0.5) is 4.79 Å². The second-order valence-electron chi connectivity index (χ2n) is 6.37. The van der Waals surface area contributed by atoms with E-state index >= 15 is 0 Å². The summed E-state index contributed by atoms with van der Waals surface area (Å²) in [6, 6.07) is 8.00. The summed E-state index contributed by atoms with van der Waals surface area (Å²) < 4.78 is 0.877. The first-order valence-electron chi connectivity index (χ1n) is 8.23. The van der Waals surface area contributed by atoms with Crippen LogP contribution in [0, 0.1) is 0 Å². The molecule has 3 aromatic rings. The van der Waals surface area contributed by atoms with Gasteiger partial charge in [0.2, 0.25) is 0 Å². The molecule has 1 aliphatic rings. The molecule has 26 heavy (non-hydrogen) atoms. The molecule has 0 spiro atoms. The zero-order valence-corrected chi connectivity index (χ0v) is 16.4. The minimum Gasteiger partial charge on any atom is -0.465 e. The molecule has 0 unspecified atom stereocenters. The summed E-state index contributed by atoms with van der Waals surface area (Å²) in [4.78, 5) is 23.5. The molecule has 0 saturated heterocycles. The van der Waals surface area contributed by atoms with E-state index in [1.54, 1.807) is 18.0 Å². The molecule has 4 rings (SSSR count). The van der Waals surface area contributed by atoms with Crippen LogP contribution in [0.15, 0.2) is 40.0 Å². The van der Waals surface area contributed by atoms with Crippen molar-refractivity contribution in [3.8, 4) is 11.3 Å². The number of hydrogen-bond donors (Lipinski definition) is 3. The van der Waals surface area contributed by atoms with Crippen LogP contribution in [0.1, 0.15) is 24.8 Å². The minimum absolute atomic E-state index is 0.446. The zero-order chi connectivity index (χ0) is 18.3. The van der Waals surface area contributed by atoms with Gasteiger partial charge in [-0.15, -0.1) is 11.8 Å². The van der Waals surface area contributed by atoms with Crippen LogP contribution in [0.25, 0.3) is 22.4 Å². The molecule has 0 atom stereocenters. The standard InChI is InChI=1S/C18H17BrN4O2S/c1-26-12-9-20-15-13(19)14(22-16(15)21-12)10-3-5-11(6-4-10)18(7-2-8-18)23-17(24)25/h3-6,9,23H,2,7-8H2,1H3,(H,21,22)(H,24,25). The van der Waals surface area contributed by atoms with Gasteiger partial charge in [0.15, 0.2) is 5.65 Å². The first kappa shape index (κ1) is 17.4. The Hall–Kier alpha value is -2.06. The lowest BCUT2D eigenvalue weighted by molar-refractivity contribution is 0.144. The fourth-order valence-corrected chi connectivity index (χ4v) is 4.35. The lowest BCUT2D eigenvalue weighted by atomic mass is 9.72. The zero-order valence-electron chi connectivity index (χ0n) is 14.0. The van der Waals surface area contributed by atoms with Crippen LogP contribution >= 0.6 is 27.7 Å². The van der Waals surface area contributed by atoms with Gasteiger partial charge in [-0.3, -0.25) is 0 Å². The second-order valence-corrected chi connectivity index (χ2v) is 7.99. The quantitative estimate of drug-likeness (QED) is 0.517. The van der Waals surface area contributed by atoms with Gasteiger partial charge < -0.3 is 15.4 Å². The lowest BCUT2D eigenvalue weighted by Gasteiger charge is -2.42. The van der Waals surface area contributed by atoms with Crippen molar-refractivity contribution in [1.82, 2.24) is 20.3 Å². The number of benzene rings is 1. The number of carbonyl (C=O) groups is 1. The van der Waals surface area contributed by atoms with E-state index < -0.39 is 11.6 Å². The van der Waals surface area contributed by atoms with Crippen LogP contribution < -0.4 is 5.32 Å². The Kier molecular flexibility index (Phi) is 4.40. The number of aromatic amines is 1. The molecular weight excluding hydrogens is 416 g/mol. The molecule has 8 heteroatoms. The van der Waals surface area contributed by atoms with Crippen molar-refractivity contribution in [2.45, 2.75) is 29.8 Å². The third-order valence-electron chi connectivity index (χ3n) is 4.91. The van der Waals surface area contributed by atoms with Crippen molar-refractivity contribution in [3.05, 3.63) is 40.5 Å². The van der Waals surface area contributed by atoms with Crippen LogP contribution in [0.3, 0.4) is 0 Å². The van der Waals surface area contributed by atoms with Crippen molar-refractivity contribution in [2.75, 3.05) is 6.26 Å². The molecule has 1 saturated carbocycles. The molecular formula is C18H17BrN4O2S. The Balaban J connectivity index is 1.70. The Morgan fingerprint density at radius 1 is 1.35 bits per heavy atom. The number of carboxylic acid groups (broad SMARTS) is 1. The molecule has 134 valence electrons. The number of nitrogens with one attached hydrogen (secondary N) is 2. The number of rotatable bonds is 4. The van der Waals surface area contributed by atoms with E-state index in [4.69, 9.17) is 5.11 Å². The van der Waals surface area contributed by atoms with Gasteiger partial charge in [-0.25, -0.2) is 14.8 Å². The highest BCUT2D eigenvalue weighted by molar-refractivity contribution is 9.10. The lowest BCUT2D eigenvalue weighted by Crippen LogP contribution is -2.50. The Labute approximate surface area is 162 Å². The van der Waals surface area contributed by atoms with Gasteiger partial charge in [0, 0.05) is 0 Å². The van der Waals surface area contributed by atoms with E-state index in [1.807, 2.05) is 30.5 Å². The molecule has 0 aliphatic heterocycles. The Bertz CT molecular complexity index is 983. The molecule has 1 fully saturated rings. The number of fused-ring (bicyclic) bond motifs is 1. The fourth-order valence-electron chi connectivity index (χ4n) is 3.39. The van der Waals surface area contributed by atoms with E-state index in [-0.39, 0.29) is 0 Å². The maximum absolute atomic E-state index is 11.1. The maximum atomic E-state index is 11.1. The summed E-state index contributed by atoms with van der Waals surface area (Å²) in [6.45, 7) is 0. The van der Waals surface area contributed by atoms with Gasteiger partial charge in [0.1, 0.15) is 10.5 Å². The highest BCUT2D eigenvalue weighted by Gasteiger charge is 2.40. The van der Waals surface area contributed by atoms with Gasteiger partial charge in [0.25, 0.3) is 0 Å². The summed E-state index contributed by atoms with van der Waals surface area (Å²) in [7, 11) is 0. The molecule has 2 heterocycles. The summed E-state index contributed by atoms with van der Waals surface area (Å²) in [6.07, 6.45) is 5.45. The normalized spacial score (nSPS) is 15.6. The monoisotopic (exact) mass is 432 g/mol. The summed E-state index contributed by atoms with van der Waals surface area (Å²) in [5.41, 5.74) is 4.01. The van der Waals surface area contributed by atoms with Crippen molar-refractivity contribution in [1.29, 1.82) is 0 Å².